The van der Waals surface area contributed by atoms with Crippen molar-refractivity contribution in [2.24, 2.45) is 11.8 Å². The third-order valence-electron chi connectivity index (χ3n) is 2.95. The number of nitrogens with one attached hydrogen (secondary N) is 3. The maximum atomic E-state index is 11.7. The lowest BCUT2D eigenvalue weighted by molar-refractivity contribution is -0.129. The Morgan fingerprint density at radius 2 is 2.00 bits per heavy atom. The van der Waals surface area contributed by atoms with E-state index in [0.717, 1.165) is 13.1 Å². The summed E-state index contributed by atoms with van der Waals surface area (Å²) >= 11 is 0. The van der Waals surface area contributed by atoms with E-state index in [9.17, 15) is 9.59 Å². The lowest BCUT2D eigenvalue weighted by Gasteiger charge is -2.27. The van der Waals surface area contributed by atoms with Gasteiger partial charge in [-0.25, -0.2) is 0 Å². The van der Waals surface area contributed by atoms with Crippen molar-refractivity contribution in [3.8, 4) is 0 Å². The second kappa shape index (κ2) is 6.59. The van der Waals surface area contributed by atoms with Crippen LogP contribution in [-0.2, 0) is 9.59 Å². The predicted octanol–water partition coefficient (Wildman–Crippen LogP) is -0.127. The van der Waals surface area contributed by atoms with Crippen LogP contribution in [0.5, 0.6) is 0 Å². The fourth-order valence-corrected chi connectivity index (χ4v) is 1.89. The minimum atomic E-state index is -0.402. The molecule has 5 nitrogen and oxygen atoms in total. The zero-order valence-electron chi connectivity index (χ0n) is 10.9. The highest BCUT2D eigenvalue weighted by Gasteiger charge is 2.24. The highest BCUT2D eigenvalue weighted by atomic mass is 16.2. The summed E-state index contributed by atoms with van der Waals surface area (Å²) in [6, 6.07) is -0.402. The Balaban J connectivity index is 2.40. The molecule has 0 bridgehead atoms. The molecule has 1 saturated heterocycles. The van der Waals surface area contributed by atoms with Crippen molar-refractivity contribution in [2.75, 3.05) is 20.1 Å². The Labute approximate surface area is 103 Å². The molecule has 0 radical (unpaired) electrons. The monoisotopic (exact) mass is 241 g/mol. The van der Waals surface area contributed by atoms with Gasteiger partial charge in [-0.1, -0.05) is 13.8 Å². The first-order valence-electron chi connectivity index (χ1n) is 6.24. The minimum absolute atomic E-state index is 0.0225. The van der Waals surface area contributed by atoms with Crippen molar-refractivity contribution in [3.05, 3.63) is 0 Å². The van der Waals surface area contributed by atoms with Crippen LogP contribution in [0, 0.1) is 11.8 Å². The van der Waals surface area contributed by atoms with Crippen molar-refractivity contribution in [2.45, 2.75) is 32.7 Å². The molecule has 1 aliphatic heterocycles. The average Bonchev–Trinajstić information content (AvgIpc) is 2.21. The molecule has 1 aliphatic rings. The van der Waals surface area contributed by atoms with Gasteiger partial charge in [0, 0.05) is 13.5 Å². The Hall–Kier alpha value is -1.10. The number of amides is 2. The van der Waals surface area contributed by atoms with E-state index in [2.05, 4.69) is 16.0 Å². The molecule has 1 heterocycles. The number of hydrogen-bond acceptors (Lipinski definition) is 3. The second-order valence-corrected chi connectivity index (χ2v) is 5.09. The lowest BCUT2D eigenvalue weighted by atomic mass is 9.98. The summed E-state index contributed by atoms with van der Waals surface area (Å²) in [5.74, 6) is 0.673. The number of carbonyl (C=O) groups excluding carboxylic acids is 2. The van der Waals surface area contributed by atoms with E-state index in [0.29, 0.717) is 24.7 Å². The highest BCUT2D eigenvalue weighted by molar-refractivity contribution is 5.87. The van der Waals surface area contributed by atoms with E-state index in [1.807, 2.05) is 13.8 Å². The molecule has 98 valence electrons. The molecule has 0 aromatic rings. The molecule has 1 atom stereocenters. The van der Waals surface area contributed by atoms with Gasteiger partial charge < -0.3 is 16.0 Å². The summed E-state index contributed by atoms with van der Waals surface area (Å²) < 4.78 is 0. The predicted molar refractivity (Wildman–Crippen MR) is 66.4 cm³/mol. The van der Waals surface area contributed by atoms with Crippen molar-refractivity contribution in [1.29, 1.82) is 0 Å². The highest BCUT2D eigenvalue weighted by Crippen LogP contribution is 2.09. The molecule has 2 amide bonds. The van der Waals surface area contributed by atoms with Crippen molar-refractivity contribution < 1.29 is 9.59 Å². The van der Waals surface area contributed by atoms with E-state index >= 15 is 0 Å². The summed E-state index contributed by atoms with van der Waals surface area (Å²) in [4.78, 5) is 23.4. The van der Waals surface area contributed by atoms with E-state index in [1.165, 1.54) is 0 Å². The molecule has 1 unspecified atom stereocenters. The van der Waals surface area contributed by atoms with Gasteiger partial charge in [0.25, 0.3) is 0 Å². The molecule has 0 aliphatic carbocycles. The second-order valence-electron chi connectivity index (χ2n) is 5.09. The first kappa shape index (κ1) is 14.0. The summed E-state index contributed by atoms with van der Waals surface area (Å²) in [7, 11) is 1.59. The van der Waals surface area contributed by atoms with Gasteiger partial charge in [-0.2, -0.15) is 0 Å². The van der Waals surface area contributed by atoms with E-state index in [4.69, 9.17) is 0 Å². The van der Waals surface area contributed by atoms with Gasteiger partial charge in [-0.15, -0.1) is 0 Å². The molecule has 5 heteroatoms. The standard InChI is InChI=1S/C12H23N3O2/c1-8(2)4-10(12(17)13-3)15-11(16)5-9-6-14-7-9/h8-10,14H,4-7H2,1-3H3,(H,13,17)(H,15,16). The van der Waals surface area contributed by atoms with Gasteiger partial charge >= 0.3 is 0 Å². The Morgan fingerprint density at radius 3 is 2.41 bits per heavy atom. The molecule has 0 saturated carbocycles. The third-order valence-corrected chi connectivity index (χ3v) is 2.95. The van der Waals surface area contributed by atoms with E-state index in [1.54, 1.807) is 7.05 Å². The first-order valence-corrected chi connectivity index (χ1v) is 6.24. The quantitative estimate of drug-likeness (QED) is 0.607. The van der Waals surface area contributed by atoms with Crippen molar-refractivity contribution in [3.63, 3.8) is 0 Å². The Morgan fingerprint density at radius 1 is 1.35 bits per heavy atom. The molecular formula is C12H23N3O2. The van der Waals surface area contributed by atoms with Crippen LogP contribution in [0.1, 0.15) is 26.7 Å². The van der Waals surface area contributed by atoms with Gasteiger partial charge in [-0.3, -0.25) is 9.59 Å². The molecule has 1 fully saturated rings. The van der Waals surface area contributed by atoms with Crippen LogP contribution in [0.25, 0.3) is 0 Å². The molecular weight excluding hydrogens is 218 g/mol. The zero-order chi connectivity index (χ0) is 12.8. The van der Waals surface area contributed by atoms with Gasteiger partial charge in [0.05, 0.1) is 0 Å². The van der Waals surface area contributed by atoms with Gasteiger partial charge in [-0.05, 0) is 31.3 Å². The van der Waals surface area contributed by atoms with Crippen LogP contribution in [0.3, 0.4) is 0 Å². The average molecular weight is 241 g/mol. The van der Waals surface area contributed by atoms with Crippen LogP contribution in [0.2, 0.25) is 0 Å². The van der Waals surface area contributed by atoms with Gasteiger partial charge in [0.1, 0.15) is 6.04 Å². The maximum absolute atomic E-state index is 11.7. The normalized spacial score (nSPS) is 17.4. The smallest absolute Gasteiger partial charge is 0.242 e. The van der Waals surface area contributed by atoms with Crippen LogP contribution >= 0.6 is 0 Å². The fraction of sp³-hybridized carbons (Fsp3) is 0.833. The molecule has 0 spiro atoms. The number of carbonyl (C=O) groups is 2. The summed E-state index contributed by atoms with van der Waals surface area (Å²) in [5.41, 5.74) is 0. The molecule has 17 heavy (non-hydrogen) atoms. The number of hydrogen-bond donors (Lipinski definition) is 3. The van der Waals surface area contributed by atoms with Gasteiger partial charge in [0.15, 0.2) is 0 Å². The largest absolute Gasteiger partial charge is 0.357 e. The molecule has 1 rings (SSSR count). The number of rotatable bonds is 6. The summed E-state index contributed by atoms with van der Waals surface area (Å²) in [5, 5.41) is 8.54. The molecule has 3 N–H and O–H groups in total. The Kier molecular flexibility index (Phi) is 5.41. The van der Waals surface area contributed by atoms with Crippen LogP contribution < -0.4 is 16.0 Å². The molecule has 0 aromatic carbocycles. The fourth-order valence-electron chi connectivity index (χ4n) is 1.89. The van der Waals surface area contributed by atoms with Crippen LogP contribution in [-0.4, -0.2) is 38.0 Å². The topological polar surface area (TPSA) is 70.2 Å². The zero-order valence-corrected chi connectivity index (χ0v) is 10.9. The SMILES string of the molecule is CNC(=O)C(CC(C)C)NC(=O)CC1CNC1. The van der Waals surface area contributed by atoms with Crippen molar-refractivity contribution in [1.82, 2.24) is 16.0 Å². The van der Waals surface area contributed by atoms with Crippen LogP contribution in [0.4, 0.5) is 0 Å². The minimum Gasteiger partial charge on any atom is -0.357 e. The van der Waals surface area contributed by atoms with E-state index < -0.39 is 6.04 Å². The van der Waals surface area contributed by atoms with Crippen LogP contribution in [0.15, 0.2) is 0 Å². The van der Waals surface area contributed by atoms with E-state index in [-0.39, 0.29) is 11.8 Å². The summed E-state index contributed by atoms with van der Waals surface area (Å²) in [6.45, 7) is 5.89. The summed E-state index contributed by atoms with van der Waals surface area (Å²) in [6.07, 6.45) is 1.19. The first-order chi connectivity index (χ1) is 8.02. The lowest BCUT2D eigenvalue weighted by Crippen LogP contribution is -2.49. The van der Waals surface area contributed by atoms with Crippen molar-refractivity contribution >= 4 is 11.8 Å². The third kappa shape index (κ3) is 4.73. The number of likely N-dealkylation sites (N-methyl/N-ethyl adjacent to an activating group) is 1. The van der Waals surface area contributed by atoms with Gasteiger partial charge in [0.2, 0.25) is 11.8 Å². The Bertz CT molecular complexity index is 275. The molecule has 0 aromatic heterocycles. The maximum Gasteiger partial charge on any atom is 0.242 e.